The Morgan fingerprint density at radius 2 is 1.62 bits per heavy atom. The summed E-state index contributed by atoms with van der Waals surface area (Å²) in [5, 5.41) is 3.11. The second-order valence-electron chi connectivity index (χ2n) is 12.2. The minimum atomic E-state index is -4.47. The van der Waals surface area contributed by atoms with Gasteiger partial charge in [0.25, 0.3) is 5.91 Å². The summed E-state index contributed by atoms with van der Waals surface area (Å²) in [7, 11) is 0. The molecule has 0 unspecified atom stereocenters. The fourth-order valence-electron chi connectivity index (χ4n) is 6.24. The summed E-state index contributed by atoms with van der Waals surface area (Å²) in [6.07, 6.45) is 2.90. The first-order chi connectivity index (χ1) is 23.2. The molecule has 1 saturated carbocycles. The average Bonchev–Trinajstić information content (AvgIpc) is 3.05. The Morgan fingerprint density at radius 3 is 2.25 bits per heavy atom. The van der Waals surface area contributed by atoms with Gasteiger partial charge in [0.1, 0.15) is 6.33 Å². The van der Waals surface area contributed by atoms with Crippen LogP contribution in [0.4, 0.5) is 18.9 Å². The van der Waals surface area contributed by atoms with Gasteiger partial charge in [0.05, 0.1) is 18.8 Å². The van der Waals surface area contributed by atoms with E-state index in [1.54, 1.807) is 35.2 Å². The quantitative estimate of drug-likeness (QED) is 0.190. The SMILES string of the molecule is CCOc1ncnc(OCC)c1N(CCCCN1CCC(NC(=O)c2ccccc2-c2cccc(C(F)(F)F)c2)CC1)C(=O)C1CCC1. The summed E-state index contributed by atoms with van der Waals surface area (Å²) in [6.45, 7) is 7.52. The number of halogens is 3. The van der Waals surface area contributed by atoms with Crippen LogP contribution >= 0.6 is 0 Å². The molecule has 1 saturated heterocycles. The number of piperidine rings is 1. The molecule has 1 aromatic heterocycles. The van der Waals surface area contributed by atoms with Gasteiger partial charge < -0.3 is 24.6 Å². The third-order valence-electron chi connectivity index (χ3n) is 9.01. The van der Waals surface area contributed by atoms with Gasteiger partial charge in [-0.15, -0.1) is 0 Å². The van der Waals surface area contributed by atoms with Gasteiger partial charge in [0.15, 0.2) is 5.69 Å². The highest BCUT2D eigenvalue weighted by Gasteiger charge is 2.34. The number of hydrogen-bond acceptors (Lipinski definition) is 7. The Balaban J connectivity index is 1.15. The number of nitrogens with zero attached hydrogens (tertiary/aromatic N) is 4. The minimum Gasteiger partial charge on any atom is -0.476 e. The molecule has 2 heterocycles. The molecule has 5 rings (SSSR count). The highest BCUT2D eigenvalue weighted by atomic mass is 19.4. The molecule has 9 nitrogen and oxygen atoms in total. The third kappa shape index (κ3) is 8.63. The summed E-state index contributed by atoms with van der Waals surface area (Å²) in [6, 6.07) is 11.8. The first-order valence-corrected chi connectivity index (χ1v) is 16.9. The standard InChI is InChI=1S/C36H44F3N5O4/c1-3-47-33-31(34(48-4-2)41-24-40-33)44(35(46)25-11-9-12-25)20-8-7-19-43-21-17-28(18-22-43)42-32(45)30-16-6-5-15-29(30)26-13-10-14-27(23-26)36(37,38)39/h5-6,10,13-16,23-25,28H,3-4,7-9,11-12,17-22H2,1-2H3,(H,42,45). The maximum Gasteiger partial charge on any atom is 0.416 e. The van der Waals surface area contributed by atoms with Crippen LogP contribution in [0.3, 0.4) is 0 Å². The molecular formula is C36H44F3N5O4. The van der Waals surface area contributed by atoms with E-state index in [1.807, 2.05) is 13.8 Å². The number of alkyl halides is 3. The van der Waals surface area contributed by atoms with Crippen molar-refractivity contribution < 1.29 is 32.2 Å². The Kier molecular flexibility index (Phi) is 11.9. The lowest BCUT2D eigenvalue weighted by molar-refractivity contribution is -0.137. The van der Waals surface area contributed by atoms with E-state index in [4.69, 9.17) is 9.47 Å². The van der Waals surface area contributed by atoms with Crippen LogP contribution in [0.25, 0.3) is 11.1 Å². The topological polar surface area (TPSA) is 96.9 Å². The van der Waals surface area contributed by atoms with Crippen LogP contribution in [0.1, 0.15) is 74.7 Å². The molecule has 2 amide bonds. The smallest absolute Gasteiger partial charge is 0.416 e. The number of benzene rings is 2. The van der Waals surface area contributed by atoms with E-state index in [0.717, 1.165) is 76.7 Å². The molecule has 2 aliphatic rings. The van der Waals surface area contributed by atoms with Gasteiger partial charge in [-0.25, -0.2) is 0 Å². The van der Waals surface area contributed by atoms with Crippen LogP contribution < -0.4 is 19.7 Å². The molecule has 0 spiro atoms. The van der Waals surface area contributed by atoms with Crippen LogP contribution in [0.15, 0.2) is 54.9 Å². The number of carbonyl (C=O) groups is 2. The number of rotatable bonds is 14. The molecule has 2 fully saturated rings. The first kappa shape index (κ1) is 35.1. The fraction of sp³-hybridized carbons (Fsp3) is 0.500. The lowest BCUT2D eigenvalue weighted by atomic mass is 9.84. The van der Waals surface area contributed by atoms with Gasteiger partial charge in [-0.1, -0.05) is 36.8 Å². The molecule has 1 aliphatic carbocycles. The van der Waals surface area contributed by atoms with Crippen LogP contribution in [-0.2, 0) is 11.0 Å². The van der Waals surface area contributed by atoms with Crippen molar-refractivity contribution in [1.82, 2.24) is 20.2 Å². The number of anilines is 1. The van der Waals surface area contributed by atoms with Gasteiger partial charge in [-0.3, -0.25) is 9.59 Å². The number of ether oxygens (including phenoxy) is 2. The Labute approximate surface area is 279 Å². The predicted molar refractivity (Wildman–Crippen MR) is 177 cm³/mol. The molecule has 258 valence electrons. The number of amides is 2. The molecule has 3 aromatic rings. The molecular weight excluding hydrogens is 623 g/mol. The summed E-state index contributed by atoms with van der Waals surface area (Å²) >= 11 is 0. The number of unbranched alkanes of at least 4 members (excludes halogenated alkanes) is 1. The molecule has 0 bridgehead atoms. The number of carbonyl (C=O) groups excluding carboxylic acids is 2. The molecule has 12 heteroatoms. The van der Waals surface area contributed by atoms with Crippen molar-refractivity contribution >= 4 is 17.5 Å². The second kappa shape index (κ2) is 16.3. The normalized spacial score (nSPS) is 15.9. The monoisotopic (exact) mass is 667 g/mol. The van der Waals surface area contributed by atoms with Crippen LogP contribution in [0, 0.1) is 5.92 Å². The largest absolute Gasteiger partial charge is 0.476 e. The minimum absolute atomic E-state index is 0.0135. The number of nitrogens with one attached hydrogen (secondary N) is 1. The predicted octanol–water partition coefficient (Wildman–Crippen LogP) is 6.77. The van der Waals surface area contributed by atoms with Gasteiger partial charge in [-0.05, 0) is 88.2 Å². The number of aromatic nitrogens is 2. The highest BCUT2D eigenvalue weighted by Crippen LogP contribution is 2.38. The van der Waals surface area contributed by atoms with Crippen molar-refractivity contribution in [2.45, 2.75) is 71.0 Å². The van der Waals surface area contributed by atoms with E-state index in [1.165, 1.54) is 12.4 Å². The van der Waals surface area contributed by atoms with Crippen molar-refractivity contribution in [3.63, 3.8) is 0 Å². The summed E-state index contributed by atoms with van der Waals surface area (Å²) in [5.74, 6) is 0.459. The lowest BCUT2D eigenvalue weighted by Gasteiger charge is -2.34. The van der Waals surface area contributed by atoms with E-state index in [0.29, 0.717) is 53.9 Å². The van der Waals surface area contributed by atoms with Gasteiger partial charge >= 0.3 is 6.18 Å². The lowest BCUT2D eigenvalue weighted by Crippen LogP contribution is -2.45. The number of likely N-dealkylation sites (tertiary alicyclic amines) is 1. The van der Waals surface area contributed by atoms with Crippen molar-refractivity contribution in [3.8, 4) is 22.9 Å². The molecule has 0 radical (unpaired) electrons. The molecule has 0 atom stereocenters. The zero-order valence-corrected chi connectivity index (χ0v) is 27.6. The van der Waals surface area contributed by atoms with Crippen molar-refractivity contribution in [3.05, 3.63) is 66.0 Å². The van der Waals surface area contributed by atoms with E-state index in [-0.39, 0.29) is 23.8 Å². The maximum atomic E-state index is 13.6. The van der Waals surface area contributed by atoms with Gasteiger partial charge in [0.2, 0.25) is 17.7 Å². The molecule has 2 aromatic carbocycles. The third-order valence-corrected chi connectivity index (χ3v) is 9.01. The van der Waals surface area contributed by atoms with E-state index in [2.05, 4.69) is 20.2 Å². The summed E-state index contributed by atoms with van der Waals surface area (Å²) in [4.78, 5) is 39.7. The van der Waals surface area contributed by atoms with E-state index < -0.39 is 11.7 Å². The van der Waals surface area contributed by atoms with E-state index in [9.17, 15) is 22.8 Å². The van der Waals surface area contributed by atoms with E-state index >= 15 is 0 Å². The Bertz CT molecular complexity index is 1520. The first-order valence-electron chi connectivity index (χ1n) is 16.9. The van der Waals surface area contributed by atoms with Crippen molar-refractivity contribution in [1.29, 1.82) is 0 Å². The fourth-order valence-corrected chi connectivity index (χ4v) is 6.24. The van der Waals surface area contributed by atoms with Gasteiger partial charge in [-0.2, -0.15) is 23.1 Å². The van der Waals surface area contributed by atoms with Crippen LogP contribution in [0.2, 0.25) is 0 Å². The zero-order chi connectivity index (χ0) is 34.1. The van der Waals surface area contributed by atoms with Crippen molar-refractivity contribution in [2.24, 2.45) is 5.92 Å². The van der Waals surface area contributed by atoms with Crippen LogP contribution in [-0.4, -0.2) is 72.1 Å². The Morgan fingerprint density at radius 1 is 0.938 bits per heavy atom. The zero-order valence-electron chi connectivity index (χ0n) is 27.6. The molecule has 1 N–H and O–H groups in total. The van der Waals surface area contributed by atoms with Crippen LogP contribution in [0.5, 0.6) is 11.8 Å². The summed E-state index contributed by atoms with van der Waals surface area (Å²) < 4.78 is 51.6. The number of hydrogen-bond donors (Lipinski definition) is 1. The van der Waals surface area contributed by atoms with Gasteiger partial charge in [0, 0.05) is 37.2 Å². The Hall–Kier alpha value is -4.19. The highest BCUT2D eigenvalue weighted by molar-refractivity contribution is 6.01. The molecule has 1 aliphatic heterocycles. The summed E-state index contributed by atoms with van der Waals surface area (Å²) in [5.41, 5.74) is 0.918. The maximum absolute atomic E-state index is 13.6. The molecule has 48 heavy (non-hydrogen) atoms. The average molecular weight is 668 g/mol. The second-order valence-corrected chi connectivity index (χ2v) is 12.2. The van der Waals surface area contributed by atoms with Crippen molar-refractivity contribution in [2.75, 3.05) is 44.3 Å².